The quantitative estimate of drug-likeness (QED) is 0.601. The molecule has 7 nitrogen and oxygen atoms in total. The Bertz CT molecular complexity index is 776. The van der Waals surface area contributed by atoms with E-state index >= 15 is 0 Å². The molecule has 1 amide bonds. The molecule has 0 radical (unpaired) electrons. The third-order valence-corrected chi connectivity index (χ3v) is 5.63. The van der Waals surface area contributed by atoms with E-state index in [1.54, 1.807) is 13.1 Å². The average Bonchev–Trinajstić information content (AvgIpc) is 2.85. The van der Waals surface area contributed by atoms with Gasteiger partial charge in [0.1, 0.15) is 0 Å². The Labute approximate surface area is 168 Å². The third kappa shape index (κ3) is 5.24. The summed E-state index contributed by atoms with van der Waals surface area (Å²) in [5.41, 5.74) is 0.833. The minimum atomic E-state index is -0.429. The number of hydrogen-bond acceptors (Lipinski definition) is 6. The molecule has 0 saturated carbocycles. The van der Waals surface area contributed by atoms with Gasteiger partial charge in [-0.05, 0) is 51.4 Å². The zero-order chi connectivity index (χ0) is 18.5. The van der Waals surface area contributed by atoms with E-state index in [1.807, 2.05) is 23.1 Å². The zero-order valence-electron chi connectivity index (χ0n) is 15.1. The van der Waals surface area contributed by atoms with Gasteiger partial charge < -0.3 is 10.2 Å². The van der Waals surface area contributed by atoms with Gasteiger partial charge in [0.25, 0.3) is 11.6 Å². The Kier molecular flexibility index (Phi) is 7.70. The number of aromatic nitrogens is 1. The molecule has 0 spiro atoms. The number of nitro groups is 1. The first-order valence-corrected chi connectivity index (χ1v) is 9.54. The lowest BCUT2D eigenvalue weighted by molar-refractivity contribution is -0.385. The van der Waals surface area contributed by atoms with E-state index in [0.717, 1.165) is 38.0 Å². The van der Waals surface area contributed by atoms with Gasteiger partial charge in [-0.3, -0.25) is 19.9 Å². The molecule has 3 rings (SSSR count). The molecule has 1 aliphatic heterocycles. The Morgan fingerprint density at radius 1 is 1.41 bits per heavy atom. The van der Waals surface area contributed by atoms with Crippen LogP contribution in [0.2, 0.25) is 0 Å². The standard InChI is InChI=1S/C18H22N4O3S.ClH/c1-13-16(22(24)25)11-17(26-13)18(23)21(12-14-5-2-3-9-20-14)15-6-4-8-19-10-7-15;/h2-3,5,9,11,15,19H,4,6-8,10,12H2,1H3;1H. The molecule has 1 saturated heterocycles. The minimum absolute atomic E-state index is 0. The summed E-state index contributed by atoms with van der Waals surface area (Å²) in [5, 5.41) is 14.5. The Hall–Kier alpha value is -2.03. The SMILES string of the molecule is Cc1sc(C(=O)N(Cc2ccccn2)C2CCCNCC2)cc1[N+](=O)[O-].Cl. The van der Waals surface area contributed by atoms with E-state index in [2.05, 4.69) is 10.3 Å². The van der Waals surface area contributed by atoms with Crippen LogP contribution in [0.3, 0.4) is 0 Å². The van der Waals surface area contributed by atoms with Crippen molar-refractivity contribution in [1.29, 1.82) is 0 Å². The minimum Gasteiger partial charge on any atom is -0.329 e. The van der Waals surface area contributed by atoms with Crippen molar-refractivity contribution in [3.8, 4) is 0 Å². The van der Waals surface area contributed by atoms with Gasteiger partial charge in [-0.2, -0.15) is 0 Å². The van der Waals surface area contributed by atoms with Crippen LogP contribution in [0.4, 0.5) is 5.69 Å². The first kappa shape index (κ1) is 21.3. The van der Waals surface area contributed by atoms with Gasteiger partial charge >= 0.3 is 0 Å². The van der Waals surface area contributed by atoms with Crippen molar-refractivity contribution in [2.45, 2.75) is 38.8 Å². The van der Waals surface area contributed by atoms with Crippen molar-refractivity contribution in [1.82, 2.24) is 15.2 Å². The van der Waals surface area contributed by atoms with Crippen LogP contribution >= 0.6 is 23.7 Å². The van der Waals surface area contributed by atoms with E-state index in [1.165, 1.54) is 17.4 Å². The van der Waals surface area contributed by atoms with Crippen molar-refractivity contribution in [2.24, 2.45) is 0 Å². The molecule has 1 N–H and O–H groups in total. The Balaban J connectivity index is 0.00000261. The van der Waals surface area contributed by atoms with Crippen LogP contribution in [0.1, 0.15) is 39.5 Å². The summed E-state index contributed by atoms with van der Waals surface area (Å²) in [5.74, 6) is -0.149. The molecular formula is C18H23ClN4O3S. The average molecular weight is 411 g/mol. The maximum absolute atomic E-state index is 13.2. The largest absolute Gasteiger partial charge is 0.329 e. The lowest BCUT2D eigenvalue weighted by Gasteiger charge is -2.30. The fourth-order valence-corrected chi connectivity index (χ4v) is 4.19. The van der Waals surface area contributed by atoms with Crippen molar-refractivity contribution < 1.29 is 9.72 Å². The fourth-order valence-electron chi connectivity index (χ4n) is 3.25. The van der Waals surface area contributed by atoms with Crippen molar-refractivity contribution in [2.75, 3.05) is 13.1 Å². The highest BCUT2D eigenvalue weighted by Crippen LogP contribution is 2.30. The molecule has 0 bridgehead atoms. The predicted molar refractivity (Wildman–Crippen MR) is 108 cm³/mol. The molecule has 0 aliphatic carbocycles. The number of amides is 1. The summed E-state index contributed by atoms with van der Waals surface area (Å²) in [7, 11) is 0. The molecule has 3 heterocycles. The summed E-state index contributed by atoms with van der Waals surface area (Å²) < 4.78 is 0. The Morgan fingerprint density at radius 2 is 2.22 bits per heavy atom. The summed E-state index contributed by atoms with van der Waals surface area (Å²) >= 11 is 1.19. The maximum atomic E-state index is 13.2. The number of carbonyl (C=O) groups excluding carboxylic acids is 1. The fraction of sp³-hybridized carbons (Fsp3) is 0.444. The van der Waals surface area contributed by atoms with Crippen LogP contribution < -0.4 is 5.32 Å². The van der Waals surface area contributed by atoms with Gasteiger partial charge in [0, 0.05) is 18.3 Å². The number of hydrogen-bond donors (Lipinski definition) is 1. The van der Waals surface area contributed by atoms with Gasteiger partial charge in [0.15, 0.2) is 0 Å². The maximum Gasteiger partial charge on any atom is 0.283 e. The van der Waals surface area contributed by atoms with E-state index in [9.17, 15) is 14.9 Å². The third-order valence-electron chi connectivity index (χ3n) is 4.60. The second-order valence-electron chi connectivity index (χ2n) is 6.40. The highest BCUT2D eigenvalue weighted by Gasteiger charge is 2.29. The van der Waals surface area contributed by atoms with Crippen LogP contribution in [-0.4, -0.2) is 39.8 Å². The number of nitrogens with zero attached hydrogens (tertiary/aromatic N) is 3. The molecule has 146 valence electrons. The summed E-state index contributed by atoms with van der Waals surface area (Å²) in [4.78, 5) is 31.1. The van der Waals surface area contributed by atoms with Crippen LogP contribution in [0, 0.1) is 17.0 Å². The van der Waals surface area contributed by atoms with Crippen molar-refractivity contribution in [3.05, 3.63) is 56.0 Å². The predicted octanol–water partition coefficient (Wildman–Crippen LogP) is 3.57. The van der Waals surface area contributed by atoms with Crippen molar-refractivity contribution >= 4 is 35.3 Å². The topological polar surface area (TPSA) is 88.4 Å². The highest BCUT2D eigenvalue weighted by molar-refractivity contribution is 7.14. The van der Waals surface area contributed by atoms with Gasteiger partial charge in [-0.25, -0.2) is 0 Å². The first-order chi connectivity index (χ1) is 12.6. The van der Waals surface area contributed by atoms with E-state index in [-0.39, 0.29) is 30.0 Å². The number of rotatable bonds is 5. The van der Waals surface area contributed by atoms with Crippen LogP contribution in [-0.2, 0) is 6.54 Å². The van der Waals surface area contributed by atoms with Gasteiger partial charge in [0.05, 0.1) is 26.9 Å². The lowest BCUT2D eigenvalue weighted by Crippen LogP contribution is -2.40. The molecular weight excluding hydrogens is 388 g/mol. The molecule has 2 aromatic heterocycles. The monoisotopic (exact) mass is 410 g/mol. The number of pyridine rings is 1. The number of halogens is 1. The van der Waals surface area contributed by atoms with E-state index in [0.29, 0.717) is 16.3 Å². The molecule has 9 heteroatoms. The Morgan fingerprint density at radius 3 is 2.89 bits per heavy atom. The smallest absolute Gasteiger partial charge is 0.283 e. The molecule has 1 atom stereocenters. The molecule has 0 aromatic carbocycles. The zero-order valence-corrected chi connectivity index (χ0v) is 16.7. The molecule has 1 aliphatic rings. The summed E-state index contributed by atoms with van der Waals surface area (Å²) in [6.45, 7) is 3.90. The second kappa shape index (κ2) is 9.77. The van der Waals surface area contributed by atoms with E-state index in [4.69, 9.17) is 0 Å². The number of thiophene rings is 1. The number of aryl methyl sites for hydroxylation is 1. The van der Waals surface area contributed by atoms with Gasteiger partial charge in [0.2, 0.25) is 0 Å². The summed E-state index contributed by atoms with van der Waals surface area (Å²) in [6, 6.07) is 7.15. The van der Waals surface area contributed by atoms with E-state index < -0.39 is 4.92 Å². The first-order valence-electron chi connectivity index (χ1n) is 8.72. The number of carbonyl (C=O) groups is 1. The van der Waals surface area contributed by atoms with Gasteiger partial charge in [-0.15, -0.1) is 23.7 Å². The molecule has 27 heavy (non-hydrogen) atoms. The normalized spacial score (nSPS) is 16.9. The summed E-state index contributed by atoms with van der Waals surface area (Å²) in [6.07, 6.45) is 4.50. The highest BCUT2D eigenvalue weighted by atomic mass is 35.5. The van der Waals surface area contributed by atoms with Crippen LogP contribution in [0.15, 0.2) is 30.5 Å². The molecule has 1 fully saturated rings. The van der Waals surface area contributed by atoms with Gasteiger partial charge in [-0.1, -0.05) is 6.07 Å². The number of nitrogens with one attached hydrogen (secondary N) is 1. The molecule has 2 aromatic rings. The molecule has 1 unspecified atom stereocenters. The van der Waals surface area contributed by atoms with Crippen LogP contribution in [0.25, 0.3) is 0 Å². The lowest BCUT2D eigenvalue weighted by atomic mass is 10.1. The van der Waals surface area contributed by atoms with Crippen LogP contribution in [0.5, 0.6) is 0 Å². The second-order valence-corrected chi connectivity index (χ2v) is 7.65. The van der Waals surface area contributed by atoms with Crippen molar-refractivity contribution in [3.63, 3.8) is 0 Å².